The van der Waals surface area contributed by atoms with Gasteiger partial charge in [0.05, 0.1) is 12.7 Å². The molecule has 0 amide bonds. The molecule has 0 saturated heterocycles. The summed E-state index contributed by atoms with van der Waals surface area (Å²) < 4.78 is 5.23. The normalized spacial score (nSPS) is 10.7. The number of allylic oxidation sites excluding steroid dienone is 1. The van der Waals surface area contributed by atoms with Crippen molar-refractivity contribution in [1.29, 1.82) is 0 Å². The van der Waals surface area contributed by atoms with Crippen LogP contribution in [0.1, 0.15) is 15.9 Å². The maximum Gasteiger partial charge on any atom is 0.189 e. The van der Waals surface area contributed by atoms with Gasteiger partial charge >= 0.3 is 0 Å². The average Bonchev–Trinajstić information content (AvgIpc) is 2.67. The summed E-state index contributed by atoms with van der Waals surface area (Å²) >= 11 is 0. The maximum atomic E-state index is 12.3. The van der Waals surface area contributed by atoms with Gasteiger partial charge in [-0.2, -0.15) is 0 Å². The monoisotopic (exact) mass is 314 g/mol. The molecule has 0 aliphatic rings. The number of ketones is 1. The second-order valence-electron chi connectivity index (χ2n) is 5.39. The molecule has 0 spiro atoms. The minimum absolute atomic E-state index is 0.0698. The van der Waals surface area contributed by atoms with Crippen LogP contribution in [0.5, 0.6) is 5.75 Å². The molecule has 0 N–H and O–H groups in total. The first-order valence-corrected chi connectivity index (χ1v) is 7.79. The molecule has 0 bridgehead atoms. The van der Waals surface area contributed by atoms with E-state index in [1.807, 2.05) is 48.5 Å². The van der Waals surface area contributed by atoms with Crippen molar-refractivity contribution in [2.45, 2.75) is 0 Å². The minimum Gasteiger partial charge on any atom is -0.496 e. The van der Waals surface area contributed by atoms with Crippen molar-refractivity contribution in [2.75, 3.05) is 7.11 Å². The van der Waals surface area contributed by atoms with Gasteiger partial charge in [-0.1, -0.05) is 72.8 Å². The van der Waals surface area contributed by atoms with Gasteiger partial charge in [0.25, 0.3) is 0 Å². The van der Waals surface area contributed by atoms with Gasteiger partial charge in [-0.3, -0.25) is 4.79 Å². The van der Waals surface area contributed by atoms with Gasteiger partial charge in [-0.15, -0.1) is 0 Å². The van der Waals surface area contributed by atoms with E-state index in [4.69, 9.17) is 4.74 Å². The van der Waals surface area contributed by atoms with Crippen LogP contribution in [-0.2, 0) is 0 Å². The molecule has 0 heterocycles. The smallest absolute Gasteiger partial charge is 0.189 e. The second kappa shape index (κ2) is 7.42. The van der Waals surface area contributed by atoms with Crippen LogP contribution in [0.15, 0.2) is 84.9 Å². The Morgan fingerprint density at radius 1 is 0.792 bits per heavy atom. The van der Waals surface area contributed by atoms with Crippen molar-refractivity contribution < 1.29 is 9.53 Å². The third kappa shape index (κ3) is 3.61. The first-order valence-electron chi connectivity index (χ1n) is 7.79. The molecule has 3 aromatic carbocycles. The topological polar surface area (TPSA) is 26.3 Å². The number of hydrogen-bond acceptors (Lipinski definition) is 2. The summed E-state index contributed by atoms with van der Waals surface area (Å²) in [5.41, 5.74) is 3.89. The van der Waals surface area contributed by atoms with Crippen molar-refractivity contribution in [2.24, 2.45) is 0 Å². The minimum atomic E-state index is -0.0698. The summed E-state index contributed by atoms with van der Waals surface area (Å²) in [4.78, 5) is 12.3. The zero-order valence-corrected chi connectivity index (χ0v) is 13.5. The van der Waals surface area contributed by atoms with Crippen molar-refractivity contribution in [3.05, 3.63) is 96.1 Å². The lowest BCUT2D eigenvalue weighted by Gasteiger charge is -2.04. The first kappa shape index (κ1) is 15.8. The number of rotatable bonds is 5. The Bertz CT molecular complexity index is 847. The molecule has 2 nitrogen and oxygen atoms in total. The molecule has 3 rings (SSSR count). The van der Waals surface area contributed by atoms with E-state index in [-0.39, 0.29) is 5.78 Å². The molecular weight excluding hydrogens is 296 g/mol. The van der Waals surface area contributed by atoms with Crippen LogP contribution >= 0.6 is 0 Å². The fraction of sp³-hybridized carbons (Fsp3) is 0.0455. The van der Waals surface area contributed by atoms with Crippen LogP contribution in [0.25, 0.3) is 17.2 Å². The Kier molecular flexibility index (Phi) is 4.87. The van der Waals surface area contributed by atoms with Crippen molar-refractivity contribution in [3.63, 3.8) is 0 Å². The van der Waals surface area contributed by atoms with Crippen molar-refractivity contribution >= 4 is 11.9 Å². The fourth-order valence-electron chi connectivity index (χ4n) is 2.53. The molecule has 118 valence electrons. The highest BCUT2D eigenvalue weighted by molar-refractivity contribution is 6.08. The summed E-state index contributed by atoms with van der Waals surface area (Å²) in [5, 5.41) is 0. The van der Waals surface area contributed by atoms with E-state index in [1.54, 1.807) is 25.3 Å². The quantitative estimate of drug-likeness (QED) is 0.474. The molecule has 24 heavy (non-hydrogen) atoms. The molecule has 0 aliphatic carbocycles. The summed E-state index contributed by atoms with van der Waals surface area (Å²) in [6.45, 7) is 0. The maximum absolute atomic E-state index is 12.3. The highest BCUT2D eigenvalue weighted by Gasteiger charge is 2.07. The standard InChI is InChI=1S/C22H18O2/c1-24-22-10-6-5-9-20(22)21(23)16-13-17-11-14-19(15-12-17)18-7-3-2-4-8-18/h2-16H,1H3. The van der Waals surface area contributed by atoms with E-state index in [0.717, 1.165) is 11.1 Å². The lowest BCUT2D eigenvalue weighted by Crippen LogP contribution is -1.98. The second-order valence-corrected chi connectivity index (χ2v) is 5.39. The molecule has 0 aliphatic heterocycles. The lowest BCUT2D eigenvalue weighted by atomic mass is 10.0. The highest BCUT2D eigenvalue weighted by atomic mass is 16.5. The van der Waals surface area contributed by atoms with Crippen molar-refractivity contribution in [3.8, 4) is 16.9 Å². The van der Waals surface area contributed by atoms with Crippen LogP contribution in [-0.4, -0.2) is 12.9 Å². The predicted octanol–water partition coefficient (Wildman–Crippen LogP) is 5.26. The fourth-order valence-corrected chi connectivity index (χ4v) is 2.53. The van der Waals surface area contributed by atoms with E-state index in [1.165, 1.54) is 5.56 Å². The third-order valence-corrected chi connectivity index (χ3v) is 3.82. The van der Waals surface area contributed by atoms with Gasteiger partial charge in [-0.05, 0) is 34.9 Å². The van der Waals surface area contributed by atoms with Crippen LogP contribution < -0.4 is 4.74 Å². The Morgan fingerprint density at radius 2 is 1.42 bits per heavy atom. The molecular formula is C22H18O2. The van der Waals surface area contributed by atoms with Gasteiger partial charge in [0.15, 0.2) is 5.78 Å². The van der Waals surface area contributed by atoms with E-state index < -0.39 is 0 Å². The van der Waals surface area contributed by atoms with E-state index >= 15 is 0 Å². The number of benzene rings is 3. The summed E-state index contributed by atoms with van der Waals surface area (Å²) in [7, 11) is 1.57. The van der Waals surface area contributed by atoms with E-state index in [0.29, 0.717) is 11.3 Å². The van der Waals surface area contributed by atoms with E-state index in [9.17, 15) is 4.79 Å². The van der Waals surface area contributed by atoms with Gasteiger partial charge in [0.2, 0.25) is 0 Å². The number of methoxy groups -OCH3 is 1. The molecule has 3 aromatic rings. The Labute approximate surface area is 142 Å². The molecule has 0 unspecified atom stereocenters. The third-order valence-electron chi connectivity index (χ3n) is 3.82. The first-order chi connectivity index (χ1) is 11.8. The Hall–Kier alpha value is -3.13. The van der Waals surface area contributed by atoms with Gasteiger partial charge in [0, 0.05) is 0 Å². The zero-order chi connectivity index (χ0) is 16.8. The van der Waals surface area contributed by atoms with Crippen molar-refractivity contribution in [1.82, 2.24) is 0 Å². The number of ether oxygens (including phenoxy) is 1. The van der Waals surface area contributed by atoms with Crippen LogP contribution in [0.4, 0.5) is 0 Å². The summed E-state index contributed by atoms with van der Waals surface area (Å²) in [5.74, 6) is 0.520. The molecule has 0 fully saturated rings. The van der Waals surface area contributed by atoms with Gasteiger partial charge in [-0.25, -0.2) is 0 Å². The average molecular weight is 314 g/mol. The summed E-state index contributed by atoms with van der Waals surface area (Å²) in [6.07, 6.45) is 3.40. The largest absolute Gasteiger partial charge is 0.496 e. The van der Waals surface area contributed by atoms with Gasteiger partial charge in [0.1, 0.15) is 5.75 Å². The number of carbonyl (C=O) groups excluding carboxylic acids is 1. The molecule has 0 atom stereocenters. The molecule has 0 saturated carbocycles. The molecule has 2 heteroatoms. The van der Waals surface area contributed by atoms with Crippen LogP contribution in [0.2, 0.25) is 0 Å². The van der Waals surface area contributed by atoms with E-state index in [2.05, 4.69) is 24.3 Å². The lowest BCUT2D eigenvalue weighted by molar-refractivity contribution is 0.104. The zero-order valence-electron chi connectivity index (χ0n) is 13.5. The van der Waals surface area contributed by atoms with Crippen LogP contribution in [0, 0.1) is 0 Å². The summed E-state index contributed by atoms with van der Waals surface area (Å²) in [6, 6.07) is 25.6. The highest BCUT2D eigenvalue weighted by Crippen LogP contribution is 2.21. The Morgan fingerprint density at radius 3 is 2.12 bits per heavy atom. The number of hydrogen-bond donors (Lipinski definition) is 0. The van der Waals surface area contributed by atoms with Gasteiger partial charge < -0.3 is 4.74 Å². The Balaban J connectivity index is 1.76. The number of para-hydroxylation sites is 1. The molecule has 0 radical (unpaired) electrons. The SMILES string of the molecule is COc1ccccc1C(=O)C=Cc1ccc(-c2ccccc2)cc1. The predicted molar refractivity (Wildman–Crippen MR) is 98.2 cm³/mol. The van der Waals surface area contributed by atoms with Crippen LogP contribution in [0.3, 0.4) is 0 Å². The molecule has 0 aromatic heterocycles. The number of carbonyl (C=O) groups is 1.